The van der Waals surface area contributed by atoms with Gasteiger partial charge in [-0.1, -0.05) is 36.2 Å². The largest absolute Gasteiger partial charge is 0.493 e. The van der Waals surface area contributed by atoms with Crippen LogP contribution in [0, 0.1) is 13.8 Å². The average Bonchev–Trinajstić information content (AvgIpc) is 3.16. The Morgan fingerprint density at radius 2 is 1.88 bits per heavy atom. The zero-order valence-electron chi connectivity index (χ0n) is 18.7. The Morgan fingerprint density at radius 3 is 2.59 bits per heavy atom. The highest BCUT2D eigenvalue weighted by molar-refractivity contribution is 5.73. The van der Waals surface area contributed by atoms with E-state index in [4.69, 9.17) is 9.15 Å². The summed E-state index contributed by atoms with van der Waals surface area (Å²) in [6, 6.07) is 15.7. The molecule has 6 heteroatoms. The molecule has 2 aromatic carbocycles. The number of benzene rings is 2. The summed E-state index contributed by atoms with van der Waals surface area (Å²) in [7, 11) is 0. The molecule has 0 saturated carbocycles. The van der Waals surface area contributed by atoms with Gasteiger partial charge < -0.3 is 14.3 Å². The summed E-state index contributed by atoms with van der Waals surface area (Å²) in [6.45, 7) is 5.97. The van der Waals surface area contributed by atoms with Gasteiger partial charge in [-0.25, -0.2) is 4.98 Å². The van der Waals surface area contributed by atoms with Crippen LogP contribution in [-0.2, 0) is 17.8 Å². The monoisotopic (exact) mass is 434 g/mol. The molecule has 0 aliphatic carbocycles. The third kappa shape index (κ3) is 5.37. The van der Waals surface area contributed by atoms with Gasteiger partial charge >= 0.3 is 5.97 Å². The standard InChI is InChI=1S/C26H30N2O4/c1-18-6-10-21(11-7-18)25-27-23(19(2)32-25)14-16-31-22-12-8-20(9-13-22)17-28-15-4-3-5-24(28)26(29)30/h6-13,24H,3-5,14-17H2,1-2H3,(H,29,30)/t24-/m0/s1. The summed E-state index contributed by atoms with van der Waals surface area (Å²) in [4.78, 5) is 18.2. The van der Waals surface area contributed by atoms with E-state index in [1.54, 1.807) is 0 Å². The van der Waals surface area contributed by atoms with Crippen LogP contribution in [0.2, 0.25) is 0 Å². The van der Waals surface area contributed by atoms with Gasteiger partial charge in [0.05, 0.1) is 12.3 Å². The topological polar surface area (TPSA) is 75.8 Å². The Hall–Kier alpha value is -3.12. The minimum Gasteiger partial charge on any atom is -0.493 e. The Kier molecular flexibility index (Phi) is 6.90. The van der Waals surface area contributed by atoms with E-state index in [1.165, 1.54) is 5.56 Å². The van der Waals surface area contributed by atoms with Crippen LogP contribution < -0.4 is 4.74 Å². The van der Waals surface area contributed by atoms with Crippen LogP contribution in [0.4, 0.5) is 0 Å². The molecule has 4 rings (SSSR count). The highest BCUT2D eigenvalue weighted by atomic mass is 16.5. The number of carboxylic acid groups (broad SMARTS) is 1. The van der Waals surface area contributed by atoms with Crippen molar-refractivity contribution in [3.05, 3.63) is 71.1 Å². The molecule has 6 nitrogen and oxygen atoms in total. The van der Waals surface area contributed by atoms with E-state index >= 15 is 0 Å². The predicted molar refractivity (Wildman–Crippen MR) is 123 cm³/mol. The summed E-state index contributed by atoms with van der Waals surface area (Å²) < 4.78 is 11.8. The molecule has 0 amide bonds. The van der Waals surface area contributed by atoms with Crippen LogP contribution in [0.1, 0.15) is 41.8 Å². The molecule has 32 heavy (non-hydrogen) atoms. The molecule has 0 bridgehead atoms. The number of nitrogens with zero attached hydrogens (tertiary/aromatic N) is 2. The first-order valence-corrected chi connectivity index (χ1v) is 11.2. The molecule has 1 aliphatic heterocycles. The van der Waals surface area contributed by atoms with E-state index in [-0.39, 0.29) is 6.04 Å². The number of aromatic nitrogens is 1. The third-order valence-electron chi connectivity index (χ3n) is 6.01. The molecule has 168 valence electrons. The lowest BCUT2D eigenvalue weighted by molar-refractivity contribution is -0.144. The molecule has 1 atom stereocenters. The van der Waals surface area contributed by atoms with Crippen molar-refractivity contribution >= 4 is 5.97 Å². The lowest BCUT2D eigenvalue weighted by Gasteiger charge is -2.32. The predicted octanol–water partition coefficient (Wildman–Crippen LogP) is 5.02. The second-order valence-corrected chi connectivity index (χ2v) is 8.45. The number of hydrogen-bond acceptors (Lipinski definition) is 5. The van der Waals surface area contributed by atoms with Crippen molar-refractivity contribution in [2.75, 3.05) is 13.2 Å². The summed E-state index contributed by atoms with van der Waals surface area (Å²) in [5, 5.41) is 9.45. The molecule has 0 unspecified atom stereocenters. The van der Waals surface area contributed by atoms with Crippen molar-refractivity contribution in [2.24, 2.45) is 0 Å². The highest BCUT2D eigenvalue weighted by Crippen LogP contribution is 2.23. The van der Waals surface area contributed by atoms with Gasteiger partial charge in [0.2, 0.25) is 5.89 Å². The number of aryl methyl sites for hydroxylation is 2. The normalized spacial score (nSPS) is 16.8. The fourth-order valence-corrected chi connectivity index (χ4v) is 4.13. The number of carboxylic acids is 1. The summed E-state index contributed by atoms with van der Waals surface area (Å²) >= 11 is 0. The molecule has 1 aliphatic rings. The average molecular weight is 435 g/mol. The number of carbonyl (C=O) groups is 1. The fraction of sp³-hybridized carbons (Fsp3) is 0.385. The number of oxazole rings is 1. The number of aliphatic carboxylic acids is 1. The maximum atomic E-state index is 11.5. The van der Waals surface area contributed by atoms with Crippen LogP contribution in [0.25, 0.3) is 11.5 Å². The second kappa shape index (κ2) is 10.0. The maximum Gasteiger partial charge on any atom is 0.320 e. The summed E-state index contributed by atoms with van der Waals surface area (Å²) in [6.07, 6.45) is 3.43. The van der Waals surface area contributed by atoms with Crippen LogP contribution in [-0.4, -0.2) is 40.2 Å². The SMILES string of the molecule is Cc1ccc(-c2nc(CCOc3ccc(CN4CCCC[C@H]4C(=O)O)cc3)c(C)o2)cc1. The minimum atomic E-state index is -0.724. The highest BCUT2D eigenvalue weighted by Gasteiger charge is 2.28. The first-order chi connectivity index (χ1) is 15.5. The van der Waals surface area contributed by atoms with Crippen molar-refractivity contribution in [2.45, 2.75) is 52.1 Å². The molecular formula is C26H30N2O4. The lowest BCUT2D eigenvalue weighted by Crippen LogP contribution is -2.43. The van der Waals surface area contributed by atoms with E-state index in [9.17, 15) is 9.90 Å². The van der Waals surface area contributed by atoms with Crippen LogP contribution in [0.3, 0.4) is 0 Å². The molecule has 1 aromatic heterocycles. The van der Waals surface area contributed by atoms with Gasteiger partial charge in [-0.15, -0.1) is 0 Å². The smallest absolute Gasteiger partial charge is 0.320 e. The van der Waals surface area contributed by atoms with Crippen molar-refractivity contribution < 1.29 is 19.1 Å². The van der Waals surface area contributed by atoms with Crippen molar-refractivity contribution in [1.29, 1.82) is 0 Å². The van der Waals surface area contributed by atoms with E-state index in [2.05, 4.69) is 28.9 Å². The Bertz CT molecular complexity index is 1040. The number of rotatable bonds is 8. The van der Waals surface area contributed by atoms with Gasteiger partial charge in [-0.05, 0) is 63.1 Å². The van der Waals surface area contributed by atoms with E-state index in [1.807, 2.05) is 43.3 Å². The van der Waals surface area contributed by atoms with Gasteiger partial charge in [0.1, 0.15) is 17.6 Å². The molecule has 2 heterocycles. The van der Waals surface area contributed by atoms with E-state index in [0.29, 0.717) is 25.5 Å². The first kappa shape index (κ1) is 22.1. The van der Waals surface area contributed by atoms with Gasteiger partial charge in [-0.3, -0.25) is 9.69 Å². The van der Waals surface area contributed by atoms with E-state index in [0.717, 1.165) is 54.1 Å². The summed E-state index contributed by atoms with van der Waals surface area (Å²) in [5.74, 6) is 1.52. The Balaban J connectivity index is 1.30. The molecular weight excluding hydrogens is 404 g/mol. The van der Waals surface area contributed by atoms with Crippen molar-refractivity contribution in [3.8, 4) is 17.2 Å². The zero-order valence-corrected chi connectivity index (χ0v) is 18.7. The van der Waals surface area contributed by atoms with Gasteiger partial charge in [-0.2, -0.15) is 0 Å². The first-order valence-electron chi connectivity index (χ1n) is 11.2. The fourth-order valence-electron chi connectivity index (χ4n) is 4.13. The molecule has 1 saturated heterocycles. The molecule has 3 aromatic rings. The number of hydrogen-bond donors (Lipinski definition) is 1. The minimum absolute atomic E-state index is 0.379. The second-order valence-electron chi connectivity index (χ2n) is 8.45. The zero-order chi connectivity index (χ0) is 22.5. The van der Waals surface area contributed by atoms with Crippen LogP contribution in [0.15, 0.2) is 52.9 Å². The van der Waals surface area contributed by atoms with Gasteiger partial charge in [0.15, 0.2) is 0 Å². The number of piperidine rings is 1. The quantitative estimate of drug-likeness (QED) is 0.537. The van der Waals surface area contributed by atoms with Crippen LogP contribution >= 0.6 is 0 Å². The number of ether oxygens (including phenoxy) is 1. The Labute approximate surface area is 188 Å². The molecule has 1 fully saturated rings. The van der Waals surface area contributed by atoms with Gasteiger partial charge in [0, 0.05) is 18.5 Å². The van der Waals surface area contributed by atoms with Gasteiger partial charge in [0.25, 0.3) is 0 Å². The van der Waals surface area contributed by atoms with Crippen molar-refractivity contribution in [1.82, 2.24) is 9.88 Å². The van der Waals surface area contributed by atoms with E-state index < -0.39 is 5.97 Å². The molecule has 0 spiro atoms. The van der Waals surface area contributed by atoms with Crippen molar-refractivity contribution in [3.63, 3.8) is 0 Å². The molecule has 1 N–H and O–H groups in total. The maximum absolute atomic E-state index is 11.5. The summed E-state index contributed by atoms with van der Waals surface area (Å²) in [5.41, 5.74) is 4.18. The molecule has 0 radical (unpaired) electrons. The Morgan fingerprint density at radius 1 is 1.12 bits per heavy atom. The number of likely N-dealkylation sites (tertiary alicyclic amines) is 1. The van der Waals surface area contributed by atoms with Crippen LogP contribution in [0.5, 0.6) is 5.75 Å². The third-order valence-corrected chi connectivity index (χ3v) is 6.01. The lowest BCUT2D eigenvalue weighted by atomic mass is 10.0.